The fourth-order valence-corrected chi connectivity index (χ4v) is 2.68. The van der Waals surface area contributed by atoms with Crippen molar-refractivity contribution in [3.8, 4) is 5.75 Å². The molecule has 1 aromatic rings. The summed E-state index contributed by atoms with van der Waals surface area (Å²) >= 11 is 0. The Balaban J connectivity index is 1.99. The van der Waals surface area contributed by atoms with Crippen molar-refractivity contribution < 1.29 is 9.84 Å². The highest BCUT2D eigenvalue weighted by molar-refractivity contribution is 5.59. The first-order chi connectivity index (χ1) is 7.75. The van der Waals surface area contributed by atoms with Gasteiger partial charge in [-0.2, -0.15) is 0 Å². The third kappa shape index (κ3) is 1.45. The molecule has 4 nitrogen and oxygen atoms in total. The van der Waals surface area contributed by atoms with E-state index in [-0.39, 0.29) is 11.8 Å². The van der Waals surface area contributed by atoms with Gasteiger partial charge in [0.05, 0.1) is 6.61 Å². The summed E-state index contributed by atoms with van der Waals surface area (Å²) in [6, 6.07) is 5.71. The summed E-state index contributed by atoms with van der Waals surface area (Å²) in [5.74, 6) is 0.620. The van der Waals surface area contributed by atoms with Crippen LogP contribution >= 0.6 is 0 Å². The Morgan fingerprint density at radius 2 is 2.31 bits per heavy atom. The second kappa shape index (κ2) is 3.64. The van der Waals surface area contributed by atoms with Crippen LogP contribution in [0.2, 0.25) is 0 Å². The molecule has 1 fully saturated rings. The third-order valence-electron chi connectivity index (χ3n) is 3.60. The Bertz CT molecular complexity index is 408. The minimum atomic E-state index is 0.00199. The van der Waals surface area contributed by atoms with Gasteiger partial charge in [0.25, 0.3) is 0 Å². The summed E-state index contributed by atoms with van der Waals surface area (Å²) < 4.78 is 5.48. The lowest BCUT2D eigenvalue weighted by Crippen LogP contribution is -2.46. The topological polar surface area (TPSA) is 67.5 Å². The van der Waals surface area contributed by atoms with E-state index < -0.39 is 0 Å². The molecule has 0 spiro atoms. The summed E-state index contributed by atoms with van der Waals surface area (Å²) in [7, 11) is 0. The Hall–Kier alpha value is -1.26. The maximum Gasteiger partial charge on any atom is 0.117 e. The van der Waals surface area contributed by atoms with Crippen LogP contribution in [0.1, 0.15) is 18.0 Å². The van der Waals surface area contributed by atoms with Gasteiger partial charge in [0.2, 0.25) is 0 Å². The fourth-order valence-electron chi connectivity index (χ4n) is 2.68. The number of phenols is 1. The van der Waals surface area contributed by atoms with Crippen LogP contribution in [0.5, 0.6) is 5.75 Å². The molecule has 0 aromatic heterocycles. The van der Waals surface area contributed by atoms with E-state index in [2.05, 4.69) is 5.32 Å². The second-order valence-corrected chi connectivity index (χ2v) is 4.58. The molecule has 3 rings (SSSR count). The SMILES string of the molecule is NC1c2ccc(O)cc2NC2CCOCC21. The largest absolute Gasteiger partial charge is 0.508 e. The van der Waals surface area contributed by atoms with Crippen LogP contribution in [0, 0.1) is 5.92 Å². The van der Waals surface area contributed by atoms with E-state index in [1.54, 1.807) is 12.1 Å². The molecule has 0 aliphatic carbocycles. The van der Waals surface area contributed by atoms with Crippen molar-refractivity contribution in [1.29, 1.82) is 0 Å². The second-order valence-electron chi connectivity index (χ2n) is 4.58. The molecule has 2 aliphatic heterocycles. The van der Waals surface area contributed by atoms with Crippen molar-refractivity contribution in [3.63, 3.8) is 0 Å². The van der Waals surface area contributed by atoms with E-state index in [0.717, 1.165) is 30.9 Å². The van der Waals surface area contributed by atoms with Crippen molar-refractivity contribution >= 4 is 5.69 Å². The molecule has 0 amide bonds. The molecule has 3 unspecified atom stereocenters. The highest BCUT2D eigenvalue weighted by Gasteiger charge is 2.36. The van der Waals surface area contributed by atoms with Crippen LogP contribution in [-0.4, -0.2) is 24.4 Å². The molecule has 4 N–H and O–H groups in total. The number of benzene rings is 1. The molecule has 1 aromatic carbocycles. The van der Waals surface area contributed by atoms with Crippen molar-refractivity contribution in [1.82, 2.24) is 0 Å². The predicted octanol–water partition coefficient (Wildman–Crippen LogP) is 1.22. The standard InChI is InChI=1S/C12H16N2O2/c13-12-8-2-1-7(15)5-11(8)14-10-3-4-16-6-9(10)12/h1-2,5,9-10,12,14-15H,3-4,6,13H2. The number of nitrogens with one attached hydrogen (secondary N) is 1. The number of ether oxygens (including phenoxy) is 1. The molecule has 4 heteroatoms. The van der Waals surface area contributed by atoms with E-state index in [1.165, 1.54) is 0 Å². The lowest BCUT2D eigenvalue weighted by Gasteiger charge is -2.41. The molecule has 16 heavy (non-hydrogen) atoms. The summed E-state index contributed by atoms with van der Waals surface area (Å²) in [5.41, 5.74) is 8.29. The number of aromatic hydroxyl groups is 1. The number of rotatable bonds is 0. The zero-order valence-electron chi connectivity index (χ0n) is 9.02. The van der Waals surface area contributed by atoms with Gasteiger partial charge in [-0.1, -0.05) is 6.07 Å². The maximum atomic E-state index is 9.47. The van der Waals surface area contributed by atoms with Crippen LogP contribution in [0.15, 0.2) is 18.2 Å². The van der Waals surface area contributed by atoms with Gasteiger partial charge in [0.1, 0.15) is 5.75 Å². The first-order valence-corrected chi connectivity index (χ1v) is 5.68. The molecule has 2 heterocycles. The van der Waals surface area contributed by atoms with E-state index in [9.17, 15) is 5.11 Å². The summed E-state index contributed by atoms with van der Waals surface area (Å²) in [6.45, 7) is 1.51. The highest BCUT2D eigenvalue weighted by Crippen LogP contribution is 2.39. The van der Waals surface area contributed by atoms with E-state index in [1.807, 2.05) is 6.07 Å². The first-order valence-electron chi connectivity index (χ1n) is 5.68. The molecule has 0 radical (unpaired) electrons. The molecule has 86 valence electrons. The number of anilines is 1. The Morgan fingerprint density at radius 1 is 1.44 bits per heavy atom. The van der Waals surface area contributed by atoms with Crippen LogP contribution in [0.25, 0.3) is 0 Å². The average Bonchev–Trinajstić information content (AvgIpc) is 2.29. The van der Waals surface area contributed by atoms with E-state index in [0.29, 0.717) is 12.0 Å². The molecular formula is C12H16N2O2. The third-order valence-corrected chi connectivity index (χ3v) is 3.60. The van der Waals surface area contributed by atoms with Crippen molar-refractivity contribution in [2.24, 2.45) is 11.7 Å². The molecule has 2 aliphatic rings. The average molecular weight is 220 g/mol. The molecule has 1 saturated heterocycles. The smallest absolute Gasteiger partial charge is 0.117 e. The lowest BCUT2D eigenvalue weighted by atomic mass is 9.81. The van der Waals surface area contributed by atoms with Gasteiger partial charge in [-0.3, -0.25) is 0 Å². The van der Waals surface area contributed by atoms with Crippen molar-refractivity contribution in [2.75, 3.05) is 18.5 Å². The number of hydrogen-bond donors (Lipinski definition) is 3. The Morgan fingerprint density at radius 3 is 3.19 bits per heavy atom. The van der Waals surface area contributed by atoms with Crippen LogP contribution in [0.4, 0.5) is 5.69 Å². The van der Waals surface area contributed by atoms with Crippen LogP contribution < -0.4 is 11.1 Å². The number of fused-ring (bicyclic) bond motifs is 2. The predicted molar refractivity (Wildman–Crippen MR) is 61.4 cm³/mol. The molecule has 3 atom stereocenters. The minimum absolute atomic E-state index is 0.00199. The maximum absolute atomic E-state index is 9.47. The number of hydrogen-bond acceptors (Lipinski definition) is 4. The minimum Gasteiger partial charge on any atom is -0.508 e. The summed E-state index contributed by atoms with van der Waals surface area (Å²) in [5, 5.41) is 12.9. The van der Waals surface area contributed by atoms with Crippen LogP contribution in [0.3, 0.4) is 0 Å². The van der Waals surface area contributed by atoms with Gasteiger partial charge in [0.15, 0.2) is 0 Å². The van der Waals surface area contributed by atoms with Gasteiger partial charge < -0.3 is 20.9 Å². The normalized spacial score (nSPS) is 32.4. The molecule has 0 bridgehead atoms. The quantitative estimate of drug-likeness (QED) is 0.615. The Kier molecular flexibility index (Phi) is 2.26. The highest BCUT2D eigenvalue weighted by atomic mass is 16.5. The van der Waals surface area contributed by atoms with Crippen molar-refractivity contribution in [2.45, 2.75) is 18.5 Å². The molecular weight excluding hydrogens is 204 g/mol. The first kappa shape index (κ1) is 9.93. The molecule has 0 saturated carbocycles. The summed E-state index contributed by atoms with van der Waals surface area (Å²) in [6.07, 6.45) is 0.980. The van der Waals surface area contributed by atoms with Gasteiger partial charge in [-0.05, 0) is 18.1 Å². The van der Waals surface area contributed by atoms with Gasteiger partial charge >= 0.3 is 0 Å². The van der Waals surface area contributed by atoms with Crippen LogP contribution in [-0.2, 0) is 4.74 Å². The lowest BCUT2D eigenvalue weighted by molar-refractivity contribution is 0.0342. The Labute approximate surface area is 94.4 Å². The van der Waals surface area contributed by atoms with Gasteiger partial charge in [-0.15, -0.1) is 0 Å². The zero-order valence-corrected chi connectivity index (χ0v) is 9.02. The van der Waals surface area contributed by atoms with E-state index in [4.69, 9.17) is 10.5 Å². The summed E-state index contributed by atoms with van der Waals surface area (Å²) in [4.78, 5) is 0. The number of nitrogens with two attached hydrogens (primary N) is 1. The van der Waals surface area contributed by atoms with Gasteiger partial charge in [0, 0.05) is 36.4 Å². The van der Waals surface area contributed by atoms with Gasteiger partial charge in [-0.25, -0.2) is 0 Å². The number of phenolic OH excluding ortho intramolecular Hbond substituents is 1. The van der Waals surface area contributed by atoms with E-state index >= 15 is 0 Å². The fraction of sp³-hybridized carbons (Fsp3) is 0.500. The monoisotopic (exact) mass is 220 g/mol. The zero-order chi connectivity index (χ0) is 11.1. The van der Waals surface area contributed by atoms with Crippen molar-refractivity contribution in [3.05, 3.63) is 23.8 Å².